The molecule has 1 N–H and O–H groups in total. The fraction of sp³-hybridized carbons (Fsp3) is 0.500. The van der Waals surface area contributed by atoms with E-state index in [2.05, 4.69) is 24.4 Å². The molecule has 1 aliphatic heterocycles. The summed E-state index contributed by atoms with van der Waals surface area (Å²) in [7, 11) is 1.74. The summed E-state index contributed by atoms with van der Waals surface area (Å²) in [5.74, 6) is 1.63. The maximum Gasteiger partial charge on any atom is 0.122 e. The Bertz CT molecular complexity index is 311. The van der Waals surface area contributed by atoms with Gasteiger partial charge < -0.3 is 10.1 Å². The van der Waals surface area contributed by atoms with Gasteiger partial charge in [-0.25, -0.2) is 0 Å². The lowest BCUT2D eigenvalue weighted by molar-refractivity contribution is 0.406. The molecule has 2 atom stereocenters. The molecule has 2 heteroatoms. The topological polar surface area (TPSA) is 21.3 Å². The quantitative estimate of drug-likeness (QED) is 0.773. The van der Waals surface area contributed by atoms with E-state index in [1.165, 1.54) is 12.0 Å². The highest BCUT2D eigenvalue weighted by Crippen LogP contribution is 2.31. The summed E-state index contributed by atoms with van der Waals surface area (Å²) in [6.45, 7) is 3.30. The van der Waals surface area contributed by atoms with Gasteiger partial charge in [-0.15, -0.1) is 0 Å². The first-order chi connectivity index (χ1) is 6.81. The maximum atomic E-state index is 5.37. The lowest BCUT2D eigenvalue weighted by Gasteiger charge is -2.13. The zero-order valence-corrected chi connectivity index (χ0v) is 8.79. The Labute approximate surface area is 85.3 Å². The standard InChI is InChI=1S/C12H17NO/c1-9-7-10(8-13-9)11-5-3-4-6-12(11)14-2/h3-6,9-10,13H,7-8H2,1-2H3. The van der Waals surface area contributed by atoms with Crippen molar-refractivity contribution in [3.8, 4) is 5.75 Å². The Hall–Kier alpha value is -1.02. The molecule has 1 aromatic carbocycles. The van der Waals surface area contributed by atoms with Gasteiger partial charge in [-0.2, -0.15) is 0 Å². The Kier molecular flexibility index (Phi) is 2.73. The van der Waals surface area contributed by atoms with E-state index in [9.17, 15) is 0 Å². The first-order valence-corrected chi connectivity index (χ1v) is 5.17. The van der Waals surface area contributed by atoms with E-state index in [-0.39, 0.29) is 0 Å². The summed E-state index contributed by atoms with van der Waals surface area (Å²) < 4.78 is 5.37. The van der Waals surface area contributed by atoms with Crippen LogP contribution >= 0.6 is 0 Å². The minimum atomic E-state index is 0.612. The predicted octanol–water partition coefficient (Wildman–Crippen LogP) is 2.16. The zero-order chi connectivity index (χ0) is 9.97. The minimum absolute atomic E-state index is 0.612. The van der Waals surface area contributed by atoms with E-state index in [1.807, 2.05) is 12.1 Å². The Balaban J connectivity index is 2.22. The van der Waals surface area contributed by atoms with E-state index >= 15 is 0 Å². The van der Waals surface area contributed by atoms with E-state index in [0.29, 0.717) is 12.0 Å². The smallest absolute Gasteiger partial charge is 0.122 e. The van der Waals surface area contributed by atoms with Crippen LogP contribution in [-0.2, 0) is 0 Å². The molecule has 1 heterocycles. The molecule has 1 fully saturated rings. The monoisotopic (exact) mass is 191 g/mol. The highest BCUT2D eigenvalue weighted by Gasteiger charge is 2.24. The second-order valence-corrected chi connectivity index (χ2v) is 3.98. The van der Waals surface area contributed by atoms with Crippen molar-refractivity contribution in [2.75, 3.05) is 13.7 Å². The molecule has 0 saturated carbocycles. The van der Waals surface area contributed by atoms with Crippen molar-refractivity contribution in [3.63, 3.8) is 0 Å². The van der Waals surface area contributed by atoms with Gasteiger partial charge in [-0.1, -0.05) is 18.2 Å². The molecule has 1 aliphatic rings. The minimum Gasteiger partial charge on any atom is -0.496 e. The van der Waals surface area contributed by atoms with Crippen molar-refractivity contribution in [2.24, 2.45) is 0 Å². The summed E-state index contributed by atoms with van der Waals surface area (Å²) >= 11 is 0. The summed E-state index contributed by atoms with van der Waals surface area (Å²) in [6, 6.07) is 8.95. The number of ether oxygens (including phenoxy) is 1. The molecule has 0 spiro atoms. The van der Waals surface area contributed by atoms with Crippen LogP contribution in [0, 0.1) is 0 Å². The fourth-order valence-corrected chi connectivity index (χ4v) is 2.18. The first-order valence-electron chi connectivity index (χ1n) is 5.17. The van der Waals surface area contributed by atoms with Crippen molar-refractivity contribution in [1.29, 1.82) is 0 Å². The number of benzene rings is 1. The van der Waals surface area contributed by atoms with Crippen molar-refractivity contribution in [1.82, 2.24) is 5.32 Å². The maximum absolute atomic E-state index is 5.37. The largest absolute Gasteiger partial charge is 0.496 e. The number of para-hydroxylation sites is 1. The van der Waals surface area contributed by atoms with E-state index in [1.54, 1.807) is 7.11 Å². The van der Waals surface area contributed by atoms with Gasteiger partial charge in [0.15, 0.2) is 0 Å². The summed E-state index contributed by atoms with van der Waals surface area (Å²) in [6.07, 6.45) is 1.21. The van der Waals surface area contributed by atoms with Crippen LogP contribution < -0.4 is 10.1 Å². The molecule has 2 unspecified atom stereocenters. The number of hydrogen-bond donors (Lipinski definition) is 1. The van der Waals surface area contributed by atoms with Crippen LogP contribution in [0.15, 0.2) is 24.3 Å². The summed E-state index contributed by atoms with van der Waals surface area (Å²) in [5, 5.41) is 3.46. The lowest BCUT2D eigenvalue weighted by atomic mass is 9.96. The number of nitrogens with one attached hydrogen (secondary N) is 1. The van der Waals surface area contributed by atoms with Gasteiger partial charge in [0.05, 0.1) is 7.11 Å². The molecule has 2 rings (SSSR count). The SMILES string of the molecule is COc1ccccc1C1CNC(C)C1. The highest BCUT2D eigenvalue weighted by molar-refractivity contribution is 5.37. The van der Waals surface area contributed by atoms with Crippen molar-refractivity contribution in [3.05, 3.63) is 29.8 Å². The van der Waals surface area contributed by atoms with Gasteiger partial charge in [-0.3, -0.25) is 0 Å². The molecule has 0 bridgehead atoms. The Morgan fingerprint density at radius 3 is 2.79 bits per heavy atom. The van der Waals surface area contributed by atoms with Gasteiger partial charge in [0.1, 0.15) is 5.75 Å². The van der Waals surface area contributed by atoms with Crippen LogP contribution in [0.2, 0.25) is 0 Å². The van der Waals surface area contributed by atoms with E-state index in [4.69, 9.17) is 4.74 Å². The molecule has 2 nitrogen and oxygen atoms in total. The molecule has 0 radical (unpaired) electrons. The van der Waals surface area contributed by atoms with E-state index < -0.39 is 0 Å². The number of rotatable bonds is 2. The normalized spacial score (nSPS) is 26.4. The van der Waals surface area contributed by atoms with Crippen LogP contribution in [0.25, 0.3) is 0 Å². The molecule has 1 aromatic rings. The molecular weight excluding hydrogens is 174 g/mol. The third-order valence-corrected chi connectivity index (χ3v) is 2.93. The second kappa shape index (κ2) is 4.01. The zero-order valence-electron chi connectivity index (χ0n) is 8.79. The van der Waals surface area contributed by atoms with Crippen LogP contribution in [-0.4, -0.2) is 19.7 Å². The second-order valence-electron chi connectivity index (χ2n) is 3.98. The molecular formula is C12H17NO. The summed E-state index contributed by atoms with van der Waals surface area (Å²) in [4.78, 5) is 0. The number of hydrogen-bond acceptors (Lipinski definition) is 2. The third-order valence-electron chi connectivity index (χ3n) is 2.93. The van der Waals surface area contributed by atoms with Crippen LogP contribution in [0.3, 0.4) is 0 Å². The van der Waals surface area contributed by atoms with Crippen LogP contribution in [0.4, 0.5) is 0 Å². The fourth-order valence-electron chi connectivity index (χ4n) is 2.18. The number of methoxy groups -OCH3 is 1. The molecule has 0 amide bonds. The van der Waals surface area contributed by atoms with Gasteiger partial charge in [0.25, 0.3) is 0 Å². The van der Waals surface area contributed by atoms with Crippen LogP contribution in [0.5, 0.6) is 5.75 Å². The predicted molar refractivity (Wildman–Crippen MR) is 57.8 cm³/mol. The Morgan fingerprint density at radius 1 is 1.36 bits per heavy atom. The highest BCUT2D eigenvalue weighted by atomic mass is 16.5. The molecule has 1 saturated heterocycles. The molecule has 0 aromatic heterocycles. The van der Waals surface area contributed by atoms with E-state index in [0.717, 1.165) is 12.3 Å². The van der Waals surface area contributed by atoms with Gasteiger partial charge in [0.2, 0.25) is 0 Å². The van der Waals surface area contributed by atoms with Crippen molar-refractivity contribution >= 4 is 0 Å². The summed E-state index contributed by atoms with van der Waals surface area (Å²) in [5.41, 5.74) is 1.34. The van der Waals surface area contributed by atoms with Gasteiger partial charge >= 0.3 is 0 Å². The van der Waals surface area contributed by atoms with Crippen LogP contribution in [0.1, 0.15) is 24.8 Å². The molecule has 76 valence electrons. The van der Waals surface area contributed by atoms with Crippen molar-refractivity contribution < 1.29 is 4.74 Å². The average Bonchev–Trinajstić information content (AvgIpc) is 2.65. The van der Waals surface area contributed by atoms with Gasteiger partial charge in [0, 0.05) is 18.5 Å². The van der Waals surface area contributed by atoms with Crippen molar-refractivity contribution in [2.45, 2.75) is 25.3 Å². The van der Waals surface area contributed by atoms with Gasteiger partial charge in [-0.05, 0) is 25.0 Å². The molecule has 14 heavy (non-hydrogen) atoms. The first kappa shape index (κ1) is 9.53. The lowest BCUT2D eigenvalue weighted by Crippen LogP contribution is -2.16. The third kappa shape index (κ3) is 1.75. The average molecular weight is 191 g/mol. The molecule has 0 aliphatic carbocycles. The Morgan fingerprint density at radius 2 is 2.14 bits per heavy atom.